The van der Waals surface area contributed by atoms with E-state index in [1.807, 2.05) is 31.2 Å². The maximum absolute atomic E-state index is 4.96. The minimum atomic E-state index is 0.951. The van der Waals surface area contributed by atoms with Crippen molar-refractivity contribution in [2.24, 2.45) is 0 Å². The molecule has 0 saturated heterocycles. The van der Waals surface area contributed by atoms with Gasteiger partial charge in [0.2, 0.25) is 0 Å². The highest BCUT2D eigenvalue weighted by Crippen LogP contribution is 2.21. The number of hydrogen-bond acceptors (Lipinski definition) is 2. The van der Waals surface area contributed by atoms with E-state index < -0.39 is 0 Å². The molecule has 0 amide bonds. The molecule has 0 fully saturated rings. The van der Waals surface area contributed by atoms with E-state index in [1.54, 1.807) is 11.8 Å². The lowest BCUT2D eigenvalue weighted by Gasteiger charge is -1.97. The van der Waals surface area contributed by atoms with E-state index in [-0.39, 0.29) is 0 Å². The van der Waals surface area contributed by atoms with Gasteiger partial charge in [-0.3, -0.25) is 0 Å². The largest absolute Gasteiger partial charge is 0.0831 e. The minimum absolute atomic E-state index is 0.951. The summed E-state index contributed by atoms with van der Waals surface area (Å²) in [6.45, 7) is 1.93. The summed E-state index contributed by atoms with van der Waals surface area (Å²) in [5, 5.41) is 0. The first kappa shape index (κ1) is 9.23. The van der Waals surface area contributed by atoms with Crippen LogP contribution in [0, 0.1) is 0 Å². The third kappa shape index (κ3) is 3.36. The van der Waals surface area contributed by atoms with Gasteiger partial charge in [-0.1, -0.05) is 39.9 Å². The molecule has 0 N–H and O–H groups in total. The van der Waals surface area contributed by atoms with Crippen LogP contribution in [0.4, 0.5) is 0 Å². The second kappa shape index (κ2) is 4.24. The number of benzene rings is 1. The van der Waals surface area contributed by atoms with Crippen LogP contribution in [-0.2, 0) is 0 Å². The monoisotopic (exact) mass is 246 g/mol. The Morgan fingerprint density at radius 1 is 1.36 bits per heavy atom. The lowest BCUT2D eigenvalue weighted by molar-refractivity contribution is 1.45. The van der Waals surface area contributed by atoms with Crippen molar-refractivity contribution < 1.29 is 0 Å². The summed E-state index contributed by atoms with van der Waals surface area (Å²) >= 11 is 9.95. The highest BCUT2D eigenvalue weighted by atomic mass is 79.9. The number of hydrogen-bond donors (Lipinski definition) is 0. The van der Waals surface area contributed by atoms with Gasteiger partial charge in [-0.05, 0) is 31.2 Å². The van der Waals surface area contributed by atoms with Crippen molar-refractivity contribution in [2.45, 2.75) is 11.8 Å². The first-order valence-electron chi connectivity index (χ1n) is 3.12. The smallest absolute Gasteiger partial charge is 0.0496 e. The molecule has 0 aliphatic heterocycles. The molecule has 1 rings (SSSR count). The molecular formula is C8H7BrS2. The minimum Gasteiger partial charge on any atom is -0.0831 e. The topological polar surface area (TPSA) is 0 Å². The Hall–Kier alpha value is 0.140. The van der Waals surface area contributed by atoms with Crippen LogP contribution in [0.5, 0.6) is 0 Å². The summed E-state index contributed by atoms with van der Waals surface area (Å²) in [4.78, 5) is 1.20. The van der Waals surface area contributed by atoms with Gasteiger partial charge in [0.15, 0.2) is 0 Å². The fourth-order valence-electron chi connectivity index (χ4n) is 0.669. The summed E-state index contributed by atoms with van der Waals surface area (Å²) in [5.74, 6) is 0. The van der Waals surface area contributed by atoms with Crippen LogP contribution < -0.4 is 0 Å². The van der Waals surface area contributed by atoms with Crippen LogP contribution in [0.25, 0.3) is 0 Å². The fraction of sp³-hybridized carbons (Fsp3) is 0.125. The molecule has 0 heterocycles. The van der Waals surface area contributed by atoms with Crippen molar-refractivity contribution in [2.75, 3.05) is 0 Å². The first-order valence-corrected chi connectivity index (χ1v) is 5.14. The van der Waals surface area contributed by atoms with Gasteiger partial charge in [0.05, 0.1) is 0 Å². The quantitative estimate of drug-likeness (QED) is 0.545. The van der Waals surface area contributed by atoms with Crippen LogP contribution in [0.2, 0.25) is 0 Å². The van der Waals surface area contributed by atoms with Crippen LogP contribution in [0.3, 0.4) is 0 Å². The molecule has 1 aromatic carbocycles. The van der Waals surface area contributed by atoms with Crippen molar-refractivity contribution in [1.29, 1.82) is 0 Å². The third-order valence-electron chi connectivity index (χ3n) is 1.08. The fourth-order valence-corrected chi connectivity index (χ4v) is 1.83. The summed E-state index contributed by atoms with van der Waals surface area (Å²) < 4.78 is 2.05. The van der Waals surface area contributed by atoms with Gasteiger partial charge in [-0.2, -0.15) is 0 Å². The van der Waals surface area contributed by atoms with E-state index in [0.29, 0.717) is 0 Å². The Balaban J connectivity index is 2.74. The molecule has 0 atom stereocenters. The predicted octanol–water partition coefficient (Wildman–Crippen LogP) is 3.89. The van der Waals surface area contributed by atoms with Gasteiger partial charge >= 0.3 is 0 Å². The Morgan fingerprint density at radius 2 is 1.91 bits per heavy atom. The molecular weight excluding hydrogens is 240 g/mol. The zero-order valence-electron chi connectivity index (χ0n) is 6.00. The molecule has 1 aromatic rings. The number of thiocarbonyl (C=S) groups is 1. The van der Waals surface area contributed by atoms with E-state index in [4.69, 9.17) is 12.2 Å². The van der Waals surface area contributed by atoms with E-state index in [2.05, 4.69) is 15.9 Å². The summed E-state index contributed by atoms with van der Waals surface area (Å²) in [6, 6.07) is 8.12. The Labute approximate surface area is 84.5 Å². The molecule has 0 saturated carbocycles. The molecule has 0 nitrogen and oxygen atoms in total. The van der Waals surface area contributed by atoms with Gasteiger partial charge in [-0.25, -0.2) is 0 Å². The van der Waals surface area contributed by atoms with E-state index in [0.717, 1.165) is 8.67 Å². The highest BCUT2D eigenvalue weighted by molar-refractivity contribution is 9.10. The van der Waals surface area contributed by atoms with E-state index in [9.17, 15) is 0 Å². The zero-order valence-corrected chi connectivity index (χ0v) is 9.22. The van der Waals surface area contributed by atoms with Crippen molar-refractivity contribution in [3.8, 4) is 0 Å². The lowest BCUT2D eigenvalue weighted by atomic mass is 10.4. The standard InChI is InChI=1S/C8H7BrS2/c1-6(10)11-8-4-2-7(9)3-5-8/h2-5H,1H3. The van der Waals surface area contributed by atoms with E-state index >= 15 is 0 Å². The van der Waals surface area contributed by atoms with Crippen LogP contribution >= 0.6 is 39.9 Å². The number of thioether (sulfide) groups is 1. The molecule has 0 bridgehead atoms. The molecule has 0 radical (unpaired) electrons. The Bertz CT molecular complexity index is 253. The van der Waals surface area contributed by atoms with Crippen LogP contribution in [0.1, 0.15) is 6.92 Å². The van der Waals surface area contributed by atoms with Crippen molar-refractivity contribution >= 4 is 44.1 Å². The second-order valence-corrected chi connectivity index (χ2v) is 5.12. The van der Waals surface area contributed by atoms with Crippen molar-refractivity contribution in [3.63, 3.8) is 0 Å². The van der Waals surface area contributed by atoms with Gasteiger partial charge in [-0.15, -0.1) is 0 Å². The number of rotatable bonds is 1. The average Bonchev–Trinajstić information content (AvgIpc) is 1.93. The first-order chi connectivity index (χ1) is 5.18. The average molecular weight is 247 g/mol. The van der Waals surface area contributed by atoms with E-state index in [1.165, 1.54) is 4.90 Å². The molecule has 0 aliphatic rings. The highest BCUT2D eigenvalue weighted by Gasteiger charge is 1.93. The normalized spacial score (nSPS) is 9.64. The van der Waals surface area contributed by atoms with Crippen LogP contribution in [-0.4, -0.2) is 4.20 Å². The SMILES string of the molecule is CC(=S)Sc1ccc(Br)cc1. The molecule has 11 heavy (non-hydrogen) atoms. The molecule has 58 valence electrons. The van der Waals surface area contributed by atoms with Gasteiger partial charge in [0.25, 0.3) is 0 Å². The maximum atomic E-state index is 4.96. The van der Waals surface area contributed by atoms with Gasteiger partial charge in [0.1, 0.15) is 0 Å². The zero-order chi connectivity index (χ0) is 8.27. The molecule has 0 spiro atoms. The molecule has 3 heteroatoms. The second-order valence-electron chi connectivity index (χ2n) is 2.05. The summed E-state index contributed by atoms with van der Waals surface area (Å²) in [6.07, 6.45) is 0. The Kier molecular flexibility index (Phi) is 3.55. The molecule has 0 aliphatic carbocycles. The van der Waals surface area contributed by atoms with Crippen LogP contribution in [0.15, 0.2) is 33.6 Å². The van der Waals surface area contributed by atoms with Crippen molar-refractivity contribution in [1.82, 2.24) is 0 Å². The predicted molar refractivity (Wildman–Crippen MR) is 58.3 cm³/mol. The third-order valence-corrected chi connectivity index (χ3v) is 2.65. The Morgan fingerprint density at radius 3 is 2.36 bits per heavy atom. The van der Waals surface area contributed by atoms with Crippen molar-refractivity contribution in [3.05, 3.63) is 28.7 Å². The lowest BCUT2D eigenvalue weighted by Crippen LogP contribution is -1.76. The van der Waals surface area contributed by atoms with Gasteiger partial charge in [0, 0.05) is 13.6 Å². The van der Waals surface area contributed by atoms with Gasteiger partial charge < -0.3 is 0 Å². The maximum Gasteiger partial charge on any atom is 0.0496 e. The number of halogens is 1. The molecule has 0 aromatic heterocycles. The summed E-state index contributed by atoms with van der Waals surface area (Å²) in [7, 11) is 0. The molecule has 0 unspecified atom stereocenters. The summed E-state index contributed by atoms with van der Waals surface area (Å²) in [5.41, 5.74) is 0.